The molecule has 1 aromatic heterocycles. The second-order valence-electron chi connectivity index (χ2n) is 7.21. The fourth-order valence-electron chi connectivity index (χ4n) is 3.49. The van der Waals surface area contributed by atoms with E-state index in [0.29, 0.717) is 48.5 Å². The van der Waals surface area contributed by atoms with E-state index >= 15 is 0 Å². The van der Waals surface area contributed by atoms with Crippen molar-refractivity contribution in [2.75, 3.05) is 38.2 Å². The Kier molecular flexibility index (Phi) is 6.43. The highest BCUT2D eigenvalue weighted by atomic mass is 35.5. The van der Waals surface area contributed by atoms with Crippen LogP contribution in [-0.4, -0.2) is 49.1 Å². The molecular formula is C24H21ClN4O3. The van der Waals surface area contributed by atoms with Gasteiger partial charge in [-0.15, -0.1) is 0 Å². The van der Waals surface area contributed by atoms with Crippen molar-refractivity contribution >= 4 is 35.5 Å². The molecular weight excluding hydrogens is 428 g/mol. The second kappa shape index (κ2) is 9.58. The van der Waals surface area contributed by atoms with Crippen LogP contribution >= 0.6 is 11.6 Å². The molecule has 0 bridgehead atoms. The molecule has 2 aromatic carbocycles. The van der Waals surface area contributed by atoms with Crippen LogP contribution in [0, 0.1) is 11.3 Å². The zero-order chi connectivity index (χ0) is 22.5. The maximum Gasteiger partial charge on any atom is 0.254 e. The van der Waals surface area contributed by atoms with E-state index in [9.17, 15) is 10.1 Å². The van der Waals surface area contributed by atoms with E-state index in [-0.39, 0.29) is 11.6 Å². The van der Waals surface area contributed by atoms with Gasteiger partial charge in [-0.2, -0.15) is 10.2 Å². The average molecular weight is 449 g/mol. The molecule has 8 heteroatoms. The monoisotopic (exact) mass is 448 g/mol. The summed E-state index contributed by atoms with van der Waals surface area (Å²) in [5, 5.41) is 10.0. The average Bonchev–Trinajstić information content (AvgIpc) is 3.26. The predicted molar refractivity (Wildman–Crippen MR) is 123 cm³/mol. The van der Waals surface area contributed by atoms with Crippen LogP contribution in [0.4, 0.5) is 5.88 Å². The molecule has 1 saturated heterocycles. The number of piperazine rings is 1. The Labute approximate surface area is 191 Å². The fraction of sp³-hybridized carbons (Fsp3) is 0.208. The number of ether oxygens (including phenoxy) is 1. The lowest BCUT2D eigenvalue weighted by molar-refractivity contribution is 0.0745. The normalized spacial score (nSPS) is 13.9. The first kappa shape index (κ1) is 21.5. The Morgan fingerprint density at radius 3 is 2.56 bits per heavy atom. The molecule has 32 heavy (non-hydrogen) atoms. The smallest absolute Gasteiger partial charge is 0.254 e. The molecule has 1 aliphatic rings. The lowest BCUT2D eigenvalue weighted by Gasteiger charge is -2.34. The SMILES string of the molecule is COc1ccc(/C=C/c2nc(C#N)c(N3CCN(C(=O)c4cccc(Cl)c4)CC3)o2)cc1. The van der Waals surface area contributed by atoms with E-state index in [4.69, 9.17) is 20.8 Å². The number of nitriles is 1. The first-order valence-corrected chi connectivity index (χ1v) is 10.5. The van der Waals surface area contributed by atoms with Gasteiger partial charge in [-0.05, 0) is 42.0 Å². The predicted octanol–water partition coefficient (Wildman–Crippen LogP) is 4.34. The number of methoxy groups -OCH3 is 1. The van der Waals surface area contributed by atoms with Crippen molar-refractivity contribution in [2.24, 2.45) is 0 Å². The number of oxazole rings is 1. The largest absolute Gasteiger partial charge is 0.497 e. The van der Waals surface area contributed by atoms with Gasteiger partial charge in [0.1, 0.15) is 11.8 Å². The van der Waals surface area contributed by atoms with Gasteiger partial charge in [-0.1, -0.05) is 29.8 Å². The Balaban J connectivity index is 1.43. The summed E-state index contributed by atoms with van der Waals surface area (Å²) in [5.41, 5.74) is 1.75. The number of carbonyl (C=O) groups is 1. The highest BCUT2D eigenvalue weighted by molar-refractivity contribution is 6.30. The summed E-state index contributed by atoms with van der Waals surface area (Å²) >= 11 is 6.01. The minimum absolute atomic E-state index is 0.0617. The molecule has 2 heterocycles. The second-order valence-corrected chi connectivity index (χ2v) is 7.65. The quantitative estimate of drug-likeness (QED) is 0.577. The maximum absolute atomic E-state index is 12.7. The van der Waals surface area contributed by atoms with Gasteiger partial charge >= 0.3 is 0 Å². The first-order valence-electron chi connectivity index (χ1n) is 10.1. The molecule has 1 amide bonds. The highest BCUT2D eigenvalue weighted by Crippen LogP contribution is 2.25. The highest BCUT2D eigenvalue weighted by Gasteiger charge is 2.26. The number of hydrogen-bond acceptors (Lipinski definition) is 6. The molecule has 7 nitrogen and oxygen atoms in total. The van der Waals surface area contributed by atoms with Crippen LogP contribution in [0.25, 0.3) is 12.2 Å². The van der Waals surface area contributed by atoms with Crippen LogP contribution in [0.15, 0.2) is 52.9 Å². The van der Waals surface area contributed by atoms with Crippen LogP contribution in [0.3, 0.4) is 0 Å². The fourth-order valence-corrected chi connectivity index (χ4v) is 3.68. The van der Waals surface area contributed by atoms with Crippen molar-refractivity contribution < 1.29 is 13.9 Å². The zero-order valence-electron chi connectivity index (χ0n) is 17.5. The molecule has 4 rings (SSSR count). The number of nitrogens with zero attached hydrogens (tertiary/aromatic N) is 4. The molecule has 0 N–H and O–H groups in total. The summed E-state index contributed by atoms with van der Waals surface area (Å²) in [6.45, 7) is 2.09. The van der Waals surface area contributed by atoms with Crippen LogP contribution in [-0.2, 0) is 0 Å². The molecule has 1 fully saturated rings. The third kappa shape index (κ3) is 4.76. The zero-order valence-corrected chi connectivity index (χ0v) is 18.2. The molecule has 1 aliphatic heterocycles. The van der Waals surface area contributed by atoms with Crippen molar-refractivity contribution in [1.29, 1.82) is 5.26 Å². The molecule has 0 radical (unpaired) electrons. The topological polar surface area (TPSA) is 82.6 Å². The molecule has 3 aromatic rings. The van der Waals surface area contributed by atoms with Crippen LogP contribution in [0.2, 0.25) is 5.02 Å². The van der Waals surface area contributed by atoms with Crippen molar-refractivity contribution in [1.82, 2.24) is 9.88 Å². The third-order valence-corrected chi connectivity index (χ3v) is 5.43. The van der Waals surface area contributed by atoms with Gasteiger partial charge in [-0.3, -0.25) is 4.79 Å². The summed E-state index contributed by atoms with van der Waals surface area (Å²) in [4.78, 5) is 20.7. The summed E-state index contributed by atoms with van der Waals surface area (Å²) in [6, 6.07) is 16.6. The lowest BCUT2D eigenvalue weighted by atomic mass is 10.2. The van der Waals surface area contributed by atoms with E-state index in [2.05, 4.69) is 11.1 Å². The van der Waals surface area contributed by atoms with Crippen LogP contribution < -0.4 is 9.64 Å². The first-order chi connectivity index (χ1) is 15.6. The number of amides is 1. The summed E-state index contributed by atoms with van der Waals surface area (Å²) < 4.78 is 11.0. The third-order valence-electron chi connectivity index (χ3n) is 5.19. The van der Waals surface area contributed by atoms with Crippen LogP contribution in [0.1, 0.15) is 27.5 Å². The molecule has 0 aliphatic carbocycles. The van der Waals surface area contributed by atoms with Gasteiger partial charge < -0.3 is 19.0 Å². The van der Waals surface area contributed by atoms with E-state index in [0.717, 1.165) is 11.3 Å². The number of hydrogen-bond donors (Lipinski definition) is 0. The number of aromatic nitrogens is 1. The standard InChI is InChI=1S/C24H21ClN4O3/c1-31-20-8-5-17(6-9-20)7-10-22-27-21(16-26)24(32-22)29-13-11-28(12-14-29)23(30)18-3-2-4-19(25)15-18/h2-10,15H,11-14H2,1H3/b10-7+. The Morgan fingerprint density at radius 2 is 1.91 bits per heavy atom. The van der Waals surface area contributed by atoms with Crippen LogP contribution in [0.5, 0.6) is 5.75 Å². The van der Waals surface area contributed by atoms with Gasteiger partial charge in [0.25, 0.3) is 5.91 Å². The van der Waals surface area contributed by atoms with E-state index in [1.54, 1.807) is 42.4 Å². The number of halogens is 1. The molecule has 0 unspecified atom stereocenters. The summed E-state index contributed by atoms with van der Waals surface area (Å²) in [5.74, 6) is 1.50. The summed E-state index contributed by atoms with van der Waals surface area (Å²) in [6.07, 6.45) is 3.59. The number of benzene rings is 2. The van der Waals surface area contributed by atoms with Crippen molar-refractivity contribution in [3.05, 3.63) is 76.3 Å². The van der Waals surface area contributed by atoms with Gasteiger partial charge in [0.2, 0.25) is 17.5 Å². The van der Waals surface area contributed by atoms with Crippen molar-refractivity contribution in [2.45, 2.75) is 0 Å². The van der Waals surface area contributed by atoms with Gasteiger partial charge in [0.05, 0.1) is 7.11 Å². The lowest BCUT2D eigenvalue weighted by Crippen LogP contribution is -2.48. The molecule has 0 atom stereocenters. The van der Waals surface area contributed by atoms with Crippen molar-refractivity contribution in [3.8, 4) is 11.8 Å². The van der Waals surface area contributed by atoms with E-state index in [1.807, 2.05) is 35.2 Å². The van der Waals surface area contributed by atoms with Gasteiger partial charge in [0.15, 0.2) is 0 Å². The minimum atomic E-state index is -0.0617. The van der Waals surface area contributed by atoms with E-state index < -0.39 is 0 Å². The summed E-state index contributed by atoms with van der Waals surface area (Å²) in [7, 11) is 1.62. The number of rotatable bonds is 5. The minimum Gasteiger partial charge on any atom is -0.497 e. The van der Waals surface area contributed by atoms with Crippen molar-refractivity contribution in [3.63, 3.8) is 0 Å². The Hall–Kier alpha value is -3.76. The molecule has 0 saturated carbocycles. The number of carbonyl (C=O) groups excluding carboxylic acids is 1. The maximum atomic E-state index is 12.7. The van der Waals surface area contributed by atoms with Gasteiger partial charge in [0, 0.05) is 42.8 Å². The van der Waals surface area contributed by atoms with E-state index in [1.165, 1.54) is 0 Å². The Bertz CT molecular complexity index is 1170. The Morgan fingerprint density at radius 1 is 1.16 bits per heavy atom. The number of anilines is 1. The molecule has 0 spiro atoms. The molecule has 162 valence electrons. The van der Waals surface area contributed by atoms with Gasteiger partial charge in [-0.25, -0.2) is 0 Å².